The van der Waals surface area contributed by atoms with Crippen molar-refractivity contribution in [3.8, 4) is 0 Å². The average Bonchev–Trinajstić information content (AvgIpc) is 2.96. The molecule has 1 fully saturated rings. The zero-order valence-corrected chi connectivity index (χ0v) is 11.7. The molecule has 6 heteroatoms. The van der Waals surface area contributed by atoms with Gasteiger partial charge in [0.05, 0.1) is 22.4 Å². The highest BCUT2D eigenvalue weighted by molar-refractivity contribution is 5.87. The van der Waals surface area contributed by atoms with E-state index in [0.29, 0.717) is 11.2 Å². The molecule has 0 radical (unpaired) electrons. The van der Waals surface area contributed by atoms with Crippen molar-refractivity contribution in [3.05, 3.63) is 32.8 Å². The number of anilines is 2. The Morgan fingerprint density at radius 3 is 2.00 bits per heavy atom. The maximum Gasteiger partial charge on any atom is 0.316 e. The van der Waals surface area contributed by atoms with Gasteiger partial charge in [-0.05, 0) is 25.0 Å². The molecule has 0 bridgehead atoms. The van der Waals surface area contributed by atoms with Crippen molar-refractivity contribution in [1.29, 1.82) is 0 Å². The van der Waals surface area contributed by atoms with Gasteiger partial charge < -0.3 is 19.8 Å². The highest BCUT2D eigenvalue weighted by Gasteiger charge is 2.17. The van der Waals surface area contributed by atoms with E-state index in [1.807, 2.05) is 6.07 Å². The van der Waals surface area contributed by atoms with Crippen LogP contribution in [0.2, 0.25) is 0 Å². The second-order valence-corrected chi connectivity index (χ2v) is 5.32. The van der Waals surface area contributed by atoms with E-state index in [9.17, 15) is 9.59 Å². The fourth-order valence-electron chi connectivity index (χ4n) is 2.86. The lowest BCUT2D eigenvalue weighted by molar-refractivity contribution is 0.798. The highest BCUT2D eigenvalue weighted by atomic mass is 16.2. The first-order valence-electron chi connectivity index (χ1n) is 6.75. The number of aryl methyl sites for hydroxylation is 2. The molecule has 3 rings (SSSR count). The quantitative estimate of drug-likeness (QED) is 0.604. The Balaban J connectivity index is 2.35. The number of fused-ring (bicyclic) bond motifs is 1. The summed E-state index contributed by atoms with van der Waals surface area (Å²) in [4.78, 5) is 26.0. The van der Waals surface area contributed by atoms with E-state index in [1.165, 1.54) is 9.13 Å². The summed E-state index contributed by atoms with van der Waals surface area (Å²) in [5, 5.41) is 0. The molecule has 1 aromatic carbocycles. The van der Waals surface area contributed by atoms with Crippen molar-refractivity contribution in [2.24, 2.45) is 14.1 Å². The van der Waals surface area contributed by atoms with Gasteiger partial charge in [-0.15, -0.1) is 0 Å². The highest BCUT2D eigenvalue weighted by Crippen LogP contribution is 2.30. The van der Waals surface area contributed by atoms with Gasteiger partial charge in [0.2, 0.25) is 0 Å². The van der Waals surface area contributed by atoms with E-state index in [-0.39, 0.29) is 0 Å². The van der Waals surface area contributed by atoms with Crippen LogP contribution < -0.4 is 21.8 Å². The number of hydrogen-bond acceptors (Lipinski definition) is 4. The van der Waals surface area contributed by atoms with Gasteiger partial charge in [-0.2, -0.15) is 0 Å². The molecule has 6 nitrogen and oxygen atoms in total. The van der Waals surface area contributed by atoms with Gasteiger partial charge >= 0.3 is 11.1 Å². The molecule has 0 aliphatic carbocycles. The smallest absolute Gasteiger partial charge is 0.316 e. The number of nitrogens with zero attached hydrogens (tertiary/aromatic N) is 3. The summed E-state index contributed by atoms with van der Waals surface area (Å²) < 4.78 is 2.76. The van der Waals surface area contributed by atoms with Crippen LogP contribution in [0, 0.1) is 0 Å². The van der Waals surface area contributed by atoms with Crippen LogP contribution in [0.1, 0.15) is 12.8 Å². The Hall–Kier alpha value is -2.24. The molecule has 1 saturated heterocycles. The average molecular weight is 274 g/mol. The lowest BCUT2D eigenvalue weighted by Crippen LogP contribution is -2.39. The van der Waals surface area contributed by atoms with Gasteiger partial charge in [-0.25, -0.2) is 0 Å². The fraction of sp³-hybridized carbons (Fsp3) is 0.429. The minimum atomic E-state index is -0.534. The number of benzene rings is 1. The number of rotatable bonds is 1. The molecule has 0 spiro atoms. The largest absolute Gasteiger partial charge is 0.397 e. The van der Waals surface area contributed by atoms with Gasteiger partial charge in [0, 0.05) is 27.2 Å². The second kappa shape index (κ2) is 4.40. The van der Waals surface area contributed by atoms with E-state index in [2.05, 4.69) is 4.90 Å². The maximum absolute atomic E-state index is 11.9. The summed E-state index contributed by atoms with van der Waals surface area (Å²) in [5.41, 5.74) is 8.08. The second-order valence-electron chi connectivity index (χ2n) is 5.32. The first kappa shape index (κ1) is 12.8. The molecule has 0 saturated carbocycles. The maximum atomic E-state index is 11.9. The summed E-state index contributed by atoms with van der Waals surface area (Å²) in [6.07, 6.45) is 2.31. The van der Waals surface area contributed by atoms with Crippen molar-refractivity contribution < 1.29 is 0 Å². The van der Waals surface area contributed by atoms with Crippen molar-refractivity contribution >= 4 is 22.4 Å². The zero-order chi connectivity index (χ0) is 14.4. The molecule has 20 heavy (non-hydrogen) atoms. The monoisotopic (exact) mass is 274 g/mol. The predicted molar refractivity (Wildman–Crippen MR) is 80.3 cm³/mol. The Kier molecular flexibility index (Phi) is 2.81. The van der Waals surface area contributed by atoms with Gasteiger partial charge in [0.25, 0.3) is 0 Å². The van der Waals surface area contributed by atoms with Gasteiger partial charge in [-0.3, -0.25) is 9.59 Å². The summed E-state index contributed by atoms with van der Waals surface area (Å²) in [7, 11) is 3.22. The van der Waals surface area contributed by atoms with Crippen molar-refractivity contribution in [3.63, 3.8) is 0 Å². The van der Waals surface area contributed by atoms with E-state index < -0.39 is 11.1 Å². The molecule has 1 aromatic heterocycles. The van der Waals surface area contributed by atoms with E-state index in [1.54, 1.807) is 20.2 Å². The van der Waals surface area contributed by atoms with Crippen LogP contribution in [0.25, 0.3) is 11.0 Å². The first-order chi connectivity index (χ1) is 9.50. The minimum Gasteiger partial charge on any atom is -0.397 e. The number of nitrogens with two attached hydrogens (primary N) is 1. The van der Waals surface area contributed by atoms with Crippen LogP contribution in [-0.4, -0.2) is 22.2 Å². The molecular formula is C14H18N4O2. The van der Waals surface area contributed by atoms with Crippen LogP contribution in [-0.2, 0) is 14.1 Å². The van der Waals surface area contributed by atoms with Gasteiger partial charge in [-0.1, -0.05) is 0 Å². The lowest BCUT2D eigenvalue weighted by atomic mass is 10.2. The lowest BCUT2D eigenvalue weighted by Gasteiger charge is -2.21. The van der Waals surface area contributed by atoms with Crippen LogP contribution in [0.4, 0.5) is 11.4 Å². The molecular weight excluding hydrogens is 256 g/mol. The molecule has 0 unspecified atom stereocenters. The topological polar surface area (TPSA) is 73.3 Å². The Labute approximate surface area is 116 Å². The summed E-state index contributed by atoms with van der Waals surface area (Å²) >= 11 is 0. The molecule has 0 amide bonds. The molecule has 0 atom stereocenters. The van der Waals surface area contributed by atoms with Crippen LogP contribution in [0.5, 0.6) is 0 Å². The molecule has 2 N–H and O–H groups in total. The van der Waals surface area contributed by atoms with Gasteiger partial charge in [0.1, 0.15) is 0 Å². The normalized spacial score (nSPS) is 15.2. The zero-order valence-electron chi connectivity index (χ0n) is 11.7. The SMILES string of the molecule is Cn1c(=O)c(=O)n(C)c2cc(N3CCCC3)c(N)cc21. The van der Waals surface area contributed by atoms with Gasteiger partial charge in [0.15, 0.2) is 0 Å². The third kappa shape index (κ3) is 1.71. The van der Waals surface area contributed by atoms with Crippen molar-refractivity contribution in [2.45, 2.75) is 12.8 Å². The summed E-state index contributed by atoms with van der Waals surface area (Å²) in [6, 6.07) is 3.70. The fourth-order valence-corrected chi connectivity index (χ4v) is 2.86. The minimum absolute atomic E-state index is 0.517. The Morgan fingerprint density at radius 1 is 0.950 bits per heavy atom. The third-order valence-corrected chi connectivity index (χ3v) is 4.09. The van der Waals surface area contributed by atoms with Crippen LogP contribution in [0.15, 0.2) is 21.7 Å². The van der Waals surface area contributed by atoms with E-state index in [4.69, 9.17) is 5.73 Å². The predicted octanol–water partition coefficient (Wildman–Crippen LogP) is 0.420. The first-order valence-corrected chi connectivity index (χ1v) is 6.75. The summed E-state index contributed by atoms with van der Waals surface area (Å²) in [6.45, 7) is 1.96. The molecule has 2 aromatic rings. The molecule has 2 heterocycles. The van der Waals surface area contributed by atoms with E-state index in [0.717, 1.165) is 37.1 Å². The van der Waals surface area contributed by atoms with Crippen LogP contribution >= 0.6 is 0 Å². The number of nitrogen functional groups attached to an aromatic ring is 1. The standard InChI is InChI=1S/C14H18N4O2/c1-16-11-7-9(15)10(18-5-3-4-6-18)8-12(11)17(2)14(20)13(16)19/h7-8H,3-6,15H2,1-2H3. The Bertz CT molecular complexity index is 797. The number of hydrogen-bond donors (Lipinski definition) is 1. The number of aromatic nitrogens is 2. The molecule has 1 aliphatic rings. The third-order valence-electron chi connectivity index (χ3n) is 4.09. The molecule has 106 valence electrons. The van der Waals surface area contributed by atoms with E-state index >= 15 is 0 Å². The van der Waals surface area contributed by atoms with Crippen molar-refractivity contribution in [1.82, 2.24) is 9.13 Å². The molecule has 1 aliphatic heterocycles. The van der Waals surface area contributed by atoms with Crippen molar-refractivity contribution in [2.75, 3.05) is 23.7 Å². The van der Waals surface area contributed by atoms with Crippen LogP contribution in [0.3, 0.4) is 0 Å². The summed E-state index contributed by atoms with van der Waals surface area (Å²) in [5.74, 6) is 0. The Morgan fingerprint density at radius 2 is 1.45 bits per heavy atom.